The molecule has 1 aromatic rings. The van der Waals surface area contributed by atoms with Crippen molar-refractivity contribution in [2.24, 2.45) is 5.41 Å². The number of nitrogens with one attached hydrogen (secondary N) is 2. The van der Waals surface area contributed by atoms with Gasteiger partial charge in [0, 0.05) is 31.3 Å². The Morgan fingerprint density at radius 2 is 2.00 bits per heavy atom. The fraction of sp³-hybridized carbons (Fsp3) is 0.562. The predicted molar refractivity (Wildman–Crippen MR) is 91.9 cm³/mol. The SMILES string of the molecule is CNC(=O)c1ccc(N[C@@H](C)C(C)(C)CN(C)C)c([N+](=O)[O-])c1. The highest BCUT2D eigenvalue weighted by atomic mass is 16.6. The zero-order chi connectivity index (χ0) is 17.8. The lowest BCUT2D eigenvalue weighted by Gasteiger charge is -2.35. The minimum Gasteiger partial charge on any atom is -0.376 e. The number of nitro groups is 1. The van der Waals surface area contributed by atoms with Crippen molar-refractivity contribution in [3.8, 4) is 0 Å². The number of hydrogen-bond acceptors (Lipinski definition) is 5. The Labute approximate surface area is 137 Å². The fourth-order valence-electron chi connectivity index (χ4n) is 2.47. The molecule has 0 aromatic heterocycles. The predicted octanol–water partition coefficient (Wildman–Crippen LogP) is 2.34. The summed E-state index contributed by atoms with van der Waals surface area (Å²) in [6.45, 7) is 7.05. The van der Waals surface area contributed by atoms with Gasteiger partial charge in [0.1, 0.15) is 5.69 Å². The third kappa shape index (κ3) is 4.92. The van der Waals surface area contributed by atoms with E-state index < -0.39 is 4.92 Å². The Morgan fingerprint density at radius 1 is 1.39 bits per heavy atom. The Morgan fingerprint density at radius 3 is 2.48 bits per heavy atom. The van der Waals surface area contributed by atoms with E-state index in [4.69, 9.17) is 0 Å². The van der Waals surface area contributed by atoms with Crippen LogP contribution < -0.4 is 10.6 Å². The van der Waals surface area contributed by atoms with Crippen LogP contribution in [0.3, 0.4) is 0 Å². The van der Waals surface area contributed by atoms with E-state index in [-0.39, 0.29) is 28.6 Å². The van der Waals surface area contributed by atoms with E-state index in [2.05, 4.69) is 29.4 Å². The number of carbonyl (C=O) groups is 1. The lowest BCUT2D eigenvalue weighted by molar-refractivity contribution is -0.384. The van der Waals surface area contributed by atoms with Gasteiger partial charge in [-0.25, -0.2) is 0 Å². The Hall–Kier alpha value is -2.15. The number of carbonyl (C=O) groups excluding carboxylic acids is 1. The molecule has 0 fully saturated rings. The molecule has 128 valence electrons. The van der Waals surface area contributed by atoms with Gasteiger partial charge in [0.05, 0.1) is 4.92 Å². The molecular weight excluding hydrogens is 296 g/mol. The smallest absolute Gasteiger partial charge is 0.293 e. The third-order valence-electron chi connectivity index (χ3n) is 3.95. The molecule has 0 bridgehead atoms. The molecule has 0 unspecified atom stereocenters. The van der Waals surface area contributed by atoms with Crippen LogP contribution in [0, 0.1) is 15.5 Å². The van der Waals surface area contributed by atoms with E-state index in [9.17, 15) is 14.9 Å². The molecule has 0 heterocycles. The zero-order valence-electron chi connectivity index (χ0n) is 14.6. The van der Waals surface area contributed by atoms with Gasteiger partial charge >= 0.3 is 0 Å². The van der Waals surface area contributed by atoms with Gasteiger partial charge < -0.3 is 15.5 Å². The average molecular weight is 322 g/mol. The molecule has 0 aliphatic rings. The van der Waals surface area contributed by atoms with Gasteiger partial charge in [-0.1, -0.05) is 13.8 Å². The second-order valence-electron chi connectivity index (χ2n) is 6.66. The van der Waals surface area contributed by atoms with Gasteiger partial charge in [0.2, 0.25) is 0 Å². The van der Waals surface area contributed by atoms with Crippen LogP contribution in [0.5, 0.6) is 0 Å². The summed E-state index contributed by atoms with van der Waals surface area (Å²) in [6.07, 6.45) is 0. The number of nitrogens with zero attached hydrogens (tertiary/aromatic N) is 2. The van der Waals surface area contributed by atoms with Crippen molar-refractivity contribution in [3.05, 3.63) is 33.9 Å². The Bertz CT molecular complexity index is 585. The summed E-state index contributed by atoms with van der Waals surface area (Å²) in [5, 5.41) is 17.0. The second-order valence-corrected chi connectivity index (χ2v) is 6.66. The van der Waals surface area contributed by atoms with Gasteiger partial charge in [-0.2, -0.15) is 0 Å². The molecule has 2 N–H and O–H groups in total. The molecule has 0 aliphatic heterocycles. The van der Waals surface area contributed by atoms with Gasteiger partial charge in [-0.15, -0.1) is 0 Å². The quantitative estimate of drug-likeness (QED) is 0.594. The third-order valence-corrected chi connectivity index (χ3v) is 3.95. The summed E-state index contributed by atoms with van der Waals surface area (Å²) in [6, 6.07) is 4.48. The summed E-state index contributed by atoms with van der Waals surface area (Å²) in [5.41, 5.74) is 0.502. The van der Waals surface area contributed by atoms with Crippen molar-refractivity contribution in [2.45, 2.75) is 26.8 Å². The minimum atomic E-state index is -0.472. The molecule has 0 spiro atoms. The molecule has 0 saturated heterocycles. The number of hydrogen-bond donors (Lipinski definition) is 2. The molecule has 1 atom stereocenters. The van der Waals surface area contributed by atoms with Crippen LogP contribution in [0.15, 0.2) is 18.2 Å². The first-order valence-corrected chi connectivity index (χ1v) is 7.50. The van der Waals surface area contributed by atoms with E-state index in [1.807, 2.05) is 21.0 Å². The van der Waals surface area contributed by atoms with Gasteiger partial charge in [0.25, 0.3) is 11.6 Å². The fourth-order valence-corrected chi connectivity index (χ4v) is 2.47. The summed E-state index contributed by atoms with van der Waals surface area (Å²) < 4.78 is 0. The van der Waals surface area contributed by atoms with Crippen molar-refractivity contribution in [1.82, 2.24) is 10.2 Å². The van der Waals surface area contributed by atoms with Crippen LogP contribution in [-0.4, -0.2) is 49.5 Å². The van der Waals surface area contributed by atoms with Crippen LogP contribution in [0.1, 0.15) is 31.1 Å². The number of amides is 1. The molecule has 0 aliphatic carbocycles. The summed E-state index contributed by atoms with van der Waals surface area (Å²) in [4.78, 5) is 24.6. The zero-order valence-corrected chi connectivity index (χ0v) is 14.6. The summed E-state index contributed by atoms with van der Waals surface area (Å²) in [5.74, 6) is -0.347. The molecule has 0 saturated carbocycles. The molecule has 1 rings (SSSR count). The maximum atomic E-state index is 11.6. The highest BCUT2D eigenvalue weighted by molar-refractivity contribution is 5.95. The van der Waals surface area contributed by atoms with Crippen LogP contribution in [0.4, 0.5) is 11.4 Å². The van der Waals surface area contributed by atoms with Crippen LogP contribution in [0.2, 0.25) is 0 Å². The van der Waals surface area contributed by atoms with Crippen molar-refractivity contribution >= 4 is 17.3 Å². The monoisotopic (exact) mass is 322 g/mol. The van der Waals surface area contributed by atoms with Crippen LogP contribution in [0.25, 0.3) is 0 Å². The topological polar surface area (TPSA) is 87.5 Å². The first-order chi connectivity index (χ1) is 10.6. The van der Waals surface area contributed by atoms with E-state index in [1.165, 1.54) is 13.1 Å². The van der Waals surface area contributed by atoms with E-state index in [0.717, 1.165) is 6.54 Å². The normalized spacial score (nSPS) is 12.8. The first kappa shape index (κ1) is 18.9. The minimum absolute atomic E-state index is 0.00875. The lowest BCUT2D eigenvalue weighted by atomic mass is 9.84. The van der Waals surface area contributed by atoms with E-state index in [0.29, 0.717) is 5.69 Å². The second kappa shape index (κ2) is 7.41. The van der Waals surface area contributed by atoms with Crippen molar-refractivity contribution in [3.63, 3.8) is 0 Å². The molecule has 7 nitrogen and oxygen atoms in total. The molecule has 23 heavy (non-hydrogen) atoms. The molecular formula is C16H26N4O3. The van der Waals surface area contributed by atoms with Crippen LogP contribution in [-0.2, 0) is 0 Å². The van der Waals surface area contributed by atoms with Crippen molar-refractivity contribution in [2.75, 3.05) is 33.0 Å². The summed E-state index contributed by atoms with van der Waals surface area (Å²) >= 11 is 0. The Balaban J connectivity index is 3.08. The van der Waals surface area contributed by atoms with Crippen molar-refractivity contribution in [1.29, 1.82) is 0 Å². The standard InChI is InChI=1S/C16H26N4O3/c1-11(16(2,3)10-19(5)6)18-13-8-7-12(15(21)17-4)9-14(13)20(22)23/h7-9,11,18H,10H2,1-6H3,(H,17,21)/t11-/m0/s1. The summed E-state index contributed by atoms with van der Waals surface area (Å²) in [7, 11) is 5.48. The number of anilines is 1. The largest absolute Gasteiger partial charge is 0.376 e. The van der Waals surface area contributed by atoms with Gasteiger partial charge in [-0.05, 0) is 38.6 Å². The number of nitro benzene ring substituents is 1. The van der Waals surface area contributed by atoms with Gasteiger partial charge in [0.15, 0.2) is 0 Å². The first-order valence-electron chi connectivity index (χ1n) is 7.50. The molecule has 1 aromatic carbocycles. The molecule has 0 radical (unpaired) electrons. The van der Waals surface area contributed by atoms with E-state index in [1.54, 1.807) is 12.1 Å². The van der Waals surface area contributed by atoms with Crippen molar-refractivity contribution < 1.29 is 9.72 Å². The number of benzene rings is 1. The lowest BCUT2D eigenvalue weighted by Crippen LogP contribution is -2.41. The van der Waals surface area contributed by atoms with Crippen LogP contribution >= 0.6 is 0 Å². The molecule has 1 amide bonds. The highest BCUT2D eigenvalue weighted by Gasteiger charge is 2.28. The van der Waals surface area contributed by atoms with E-state index >= 15 is 0 Å². The average Bonchev–Trinajstić information content (AvgIpc) is 2.45. The maximum absolute atomic E-state index is 11.6. The molecule has 7 heteroatoms. The number of rotatable bonds is 7. The highest BCUT2D eigenvalue weighted by Crippen LogP contribution is 2.30. The maximum Gasteiger partial charge on any atom is 0.293 e. The van der Waals surface area contributed by atoms with Gasteiger partial charge in [-0.3, -0.25) is 14.9 Å². The Kier molecular flexibility index (Phi) is 6.09.